The molecule has 1 heterocycles. The number of amides is 2. The van der Waals surface area contributed by atoms with Crippen molar-refractivity contribution in [1.82, 2.24) is 10.7 Å². The summed E-state index contributed by atoms with van der Waals surface area (Å²) < 4.78 is 29.3. The number of hydrogen-bond acceptors (Lipinski definition) is 7. The van der Waals surface area contributed by atoms with E-state index >= 15 is 0 Å². The number of nitrogens with one attached hydrogen (secondary N) is 3. The molecule has 0 bridgehead atoms. The first-order valence-electron chi connectivity index (χ1n) is 8.72. The van der Waals surface area contributed by atoms with Crippen LogP contribution in [0.4, 0.5) is 14.5 Å². The summed E-state index contributed by atoms with van der Waals surface area (Å²) in [5, 5.41) is 18.4. The normalized spacial score (nSPS) is 15.8. The SMILES string of the molecule is O=C(C[C@H]1N=C(N/N=C\c2ccccc2O)NC1=O)Nc1ccccc1OC(F)F. The third kappa shape index (κ3) is 5.50. The summed E-state index contributed by atoms with van der Waals surface area (Å²) in [6, 6.07) is 11.2. The van der Waals surface area contributed by atoms with Gasteiger partial charge >= 0.3 is 6.61 Å². The molecule has 156 valence electrons. The lowest BCUT2D eigenvalue weighted by atomic mass is 10.2. The number of phenols is 1. The highest BCUT2D eigenvalue weighted by atomic mass is 19.3. The summed E-state index contributed by atoms with van der Waals surface area (Å²) in [5.74, 6) is -1.26. The third-order valence-electron chi connectivity index (χ3n) is 3.90. The van der Waals surface area contributed by atoms with Gasteiger partial charge in [-0.25, -0.2) is 10.4 Å². The summed E-state index contributed by atoms with van der Waals surface area (Å²) in [6.45, 7) is -3.04. The number of carbonyl (C=O) groups is 2. The predicted molar refractivity (Wildman–Crippen MR) is 105 cm³/mol. The van der Waals surface area contributed by atoms with E-state index in [4.69, 9.17) is 0 Å². The molecule has 30 heavy (non-hydrogen) atoms. The average molecular weight is 417 g/mol. The quantitative estimate of drug-likeness (QED) is 0.404. The van der Waals surface area contributed by atoms with Gasteiger partial charge in [-0.15, -0.1) is 0 Å². The first-order chi connectivity index (χ1) is 14.4. The number of carbonyl (C=O) groups excluding carboxylic acids is 2. The molecule has 0 aliphatic carbocycles. The number of hydrazone groups is 1. The number of hydrogen-bond donors (Lipinski definition) is 4. The number of ether oxygens (including phenoxy) is 1. The number of rotatable bonds is 7. The third-order valence-corrected chi connectivity index (χ3v) is 3.90. The second-order valence-corrected chi connectivity index (χ2v) is 6.04. The fraction of sp³-hybridized carbons (Fsp3) is 0.158. The molecule has 0 saturated heterocycles. The maximum atomic E-state index is 12.5. The van der Waals surface area contributed by atoms with Crippen LogP contribution in [0.15, 0.2) is 58.6 Å². The Bertz CT molecular complexity index is 996. The van der Waals surface area contributed by atoms with Crippen molar-refractivity contribution in [2.75, 3.05) is 5.32 Å². The van der Waals surface area contributed by atoms with Crippen molar-refractivity contribution in [2.45, 2.75) is 19.1 Å². The molecule has 0 aromatic heterocycles. The van der Waals surface area contributed by atoms with E-state index in [2.05, 4.69) is 30.9 Å². The van der Waals surface area contributed by atoms with Crippen molar-refractivity contribution in [1.29, 1.82) is 0 Å². The Morgan fingerprint density at radius 3 is 2.77 bits per heavy atom. The van der Waals surface area contributed by atoms with E-state index in [0.717, 1.165) is 0 Å². The lowest BCUT2D eigenvalue weighted by molar-refractivity contribution is -0.123. The maximum Gasteiger partial charge on any atom is 0.387 e. The first-order valence-corrected chi connectivity index (χ1v) is 8.72. The Morgan fingerprint density at radius 2 is 2.00 bits per heavy atom. The van der Waals surface area contributed by atoms with Gasteiger partial charge in [0, 0.05) is 5.56 Å². The largest absolute Gasteiger partial charge is 0.507 e. The Hall–Kier alpha value is -4.02. The van der Waals surface area contributed by atoms with Gasteiger partial charge in [-0.05, 0) is 24.3 Å². The van der Waals surface area contributed by atoms with Gasteiger partial charge in [-0.3, -0.25) is 14.9 Å². The monoisotopic (exact) mass is 417 g/mol. The number of nitrogens with zero attached hydrogens (tertiary/aromatic N) is 2. The number of phenolic OH excluding ortho intramolecular Hbond substituents is 1. The van der Waals surface area contributed by atoms with Crippen LogP contribution in [0.3, 0.4) is 0 Å². The molecule has 1 aliphatic heterocycles. The highest BCUT2D eigenvalue weighted by molar-refractivity contribution is 6.07. The number of aromatic hydroxyl groups is 1. The van der Waals surface area contributed by atoms with Crippen LogP contribution >= 0.6 is 0 Å². The lowest BCUT2D eigenvalue weighted by Gasteiger charge is -2.12. The standard InChI is InChI=1S/C19H17F2N5O4/c20-18(21)30-15-8-4-2-6-12(15)23-16(28)9-13-17(29)25-19(24-13)26-22-10-11-5-1-3-7-14(11)27/h1-8,10,13,18,27H,9H2,(H,23,28)(H2,24,25,26,29)/b22-10-/t13-/m1/s1. The van der Waals surface area contributed by atoms with Crippen molar-refractivity contribution in [3.63, 3.8) is 0 Å². The number of anilines is 1. The first kappa shape index (κ1) is 20.7. The number of aliphatic imine (C=N–C) groups is 1. The molecule has 11 heteroatoms. The van der Waals surface area contributed by atoms with Crippen molar-refractivity contribution in [3.8, 4) is 11.5 Å². The van der Waals surface area contributed by atoms with Gasteiger partial charge in [0.1, 0.15) is 17.5 Å². The Morgan fingerprint density at radius 1 is 1.27 bits per heavy atom. The van der Waals surface area contributed by atoms with Crippen LogP contribution in [0, 0.1) is 0 Å². The van der Waals surface area contributed by atoms with Crippen LogP contribution < -0.4 is 20.8 Å². The van der Waals surface area contributed by atoms with Crippen LogP contribution in [0.1, 0.15) is 12.0 Å². The number of halogens is 2. The molecule has 3 rings (SSSR count). The van der Waals surface area contributed by atoms with Gasteiger partial charge in [0.15, 0.2) is 0 Å². The molecule has 9 nitrogen and oxygen atoms in total. The van der Waals surface area contributed by atoms with Gasteiger partial charge in [-0.1, -0.05) is 24.3 Å². The fourth-order valence-electron chi connectivity index (χ4n) is 2.55. The summed E-state index contributed by atoms with van der Waals surface area (Å²) in [4.78, 5) is 28.3. The van der Waals surface area contributed by atoms with E-state index in [1.807, 2.05) is 0 Å². The molecule has 2 amide bonds. The second kappa shape index (κ2) is 9.45. The molecule has 0 saturated carbocycles. The maximum absolute atomic E-state index is 12.5. The lowest BCUT2D eigenvalue weighted by Crippen LogP contribution is -2.35. The molecule has 2 aromatic rings. The predicted octanol–water partition coefficient (Wildman–Crippen LogP) is 1.80. The van der Waals surface area contributed by atoms with Crippen molar-refractivity contribution >= 4 is 29.7 Å². The Balaban J connectivity index is 1.58. The zero-order valence-corrected chi connectivity index (χ0v) is 15.4. The Kier molecular flexibility index (Phi) is 6.53. The van der Waals surface area contributed by atoms with Gasteiger partial charge in [0.25, 0.3) is 5.91 Å². The molecule has 0 spiro atoms. The number of benzene rings is 2. The van der Waals surface area contributed by atoms with E-state index in [9.17, 15) is 23.5 Å². The van der Waals surface area contributed by atoms with E-state index in [1.54, 1.807) is 24.3 Å². The van der Waals surface area contributed by atoms with Crippen molar-refractivity contribution in [2.24, 2.45) is 10.1 Å². The number of alkyl halides is 2. The number of para-hydroxylation sites is 3. The smallest absolute Gasteiger partial charge is 0.387 e. The molecule has 1 atom stereocenters. The van der Waals surface area contributed by atoms with Crippen molar-refractivity contribution in [3.05, 3.63) is 54.1 Å². The van der Waals surface area contributed by atoms with Crippen LogP contribution in [-0.4, -0.2) is 41.7 Å². The molecule has 2 aromatic carbocycles. The minimum Gasteiger partial charge on any atom is -0.507 e. The zero-order chi connectivity index (χ0) is 21.5. The molecule has 4 N–H and O–H groups in total. The number of guanidine groups is 1. The molecule has 0 unspecified atom stereocenters. The van der Waals surface area contributed by atoms with Crippen LogP contribution in [-0.2, 0) is 9.59 Å². The summed E-state index contributed by atoms with van der Waals surface area (Å²) in [6.07, 6.45) is 1.02. The van der Waals surface area contributed by atoms with Gasteiger partial charge in [0.05, 0.1) is 18.3 Å². The van der Waals surface area contributed by atoms with E-state index < -0.39 is 24.5 Å². The Labute approximate surface area is 169 Å². The second-order valence-electron chi connectivity index (χ2n) is 6.04. The molecule has 1 aliphatic rings. The van der Waals surface area contributed by atoms with E-state index in [1.165, 1.54) is 30.5 Å². The molecular formula is C19H17F2N5O4. The zero-order valence-electron chi connectivity index (χ0n) is 15.4. The van der Waals surface area contributed by atoms with Gasteiger partial charge in [-0.2, -0.15) is 13.9 Å². The van der Waals surface area contributed by atoms with Crippen LogP contribution in [0.5, 0.6) is 11.5 Å². The summed E-state index contributed by atoms with van der Waals surface area (Å²) in [5.41, 5.74) is 3.02. The van der Waals surface area contributed by atoms with Gasteiger partial charge < -0.3 is 15.2 Å². The minimum absolute atomic E-state index is 0.0332. The highest BCUT2D eigenvalue weighted by Gasteiger charge is 2.28. The topological polar surface area (TPSA) is 124 Å². The molecule has 0 fully saturated rings. The van der Waals surface area contributed by atoms with Crippen LogP contribution in [0.2, 0.25) is 0 Å². The van der Waals surface area contributed by atoms with Gasteiger partial charge in [0.2, 0.25) is 11.9 Å². The summed E-state index contributed by atoms with van der Waals surface area (Å²) in [7, 11) is 0. The highest BCUT2D eigenvalue weighted by Crippen LogP contribution is 2.25. The minimum atomic E-state index is -3.04. The summed E-state index contributed by atoms with van der Waals surface area (Å²) >= 11 is 0. The molecular weight excluding hydrogens is 400 g/mol. The van der Waals surface area contributed by atoms with E-state index in [0.29, 0.717) is 5.56 Å². The fourth-order valence-corrected chi connectivity index (χ4v) is 2.55. The van der Waals surface area contributed by atoms with E-state index in [-0.39, 0.29) is 29.6 Å². The average Bonchev–Trinajstić information content (AvgIpc) is 3.03. The molecule has 0 radical (unpaired) electrons. The van der Waals surface area contributed by atoms with Crippen LogP contribution in [0.25, 0.3) is 0 Å². The van der Waals surface area contributed by atoms with Crippen molar-refractivity contribution < 1.29 is 28.2 Å².